The van der Waals surface area contributed by atoms with Crippen LogP contribution in [-0.2, 0) is 13.5 Å². The smallest absolute Gasteiger partial charge is 0.127 e. The van der Waals surface area contributed by atoms with Gasteiger partial charge < -0.3 is 5.32 Å². The Morgan fingerprint density at radius 1 is 1.42 bits per heavy atom. The molecular formula is C14H17BrFN3. The largest absolute Gasteiger partial charge is 0.309 e. The van der Waals surface area contributed by atoms with Gasteiger partial charge in [-0.3, -0.25) is 4.68 Å². The molecule has 1 atom stereocenters. The van der Waals surface area contributed by atoms with E-state index in [2.05, 4.69) is 26.3 Å². The molecule has 0 radical (unpaired) electrons. The number of nitrogens with one attached hydrogen (secondary N) is 1. The number of likely N-dealkylation sites (N-methyl/N-ethyl adjacent to an activating group) is 1. The number of nitrogens with zero attached hydrogens (tertiary/aromatic N) is 2. The summed E-state index contributed by atoms with van der Waals surface area (Å²) >= 11 is 3.27. The van der Waals surface area contributed by atoms with Crippen LogP contribution in [0.25, 0.3) is 0 Å². The first-order valence-electron chi connectivity index (χ1n) is 6.27. The summed E-state index contributed by atoms with van der Waals surface area (Å²) in [4.78, 5) is 0. The average molecular weight is 326 g/mol. The number of rotatable bonds is 5. The Kier molecular flexibility index (Phi) is 4.71. The van der Waals surface area contributed by atoms with Crippen LogP contribution in [0, 0.1) is 5.82 Å². The van der Waals surface area contributed by atoms with E-state index in [1.165, 1.54) is 6.07 Å². The molecule has 1 unspecified atom stereocenters. The predicted octanol–water partition coefficient (Wildman–Crippen LogP) is 3.22. The predicted molar refractivity (Wildman–Crippen MR) is 77.4 cm³/mol. The Balaban J connectivity index is 2.24. The number of aryl methyl sites for hydroxylation is 1. The maximum Gasteiger partial charge on any atom is 0.127 e. The lowest BCUT2D eigenvalue weighted by Crippen LogP contribution is -2.25. The summed E-state index contributed by atoms with van der Waals surface area (Å²) in [6.45, 7) is 2.87. The van der Waals surface area contributed by atoms with Crippen molar-refractivity contribution < 1.29 is 4.39 Å². The molecule has 1 aromatic heterocycles. The van der Waals surface area contributed by atoms with Gasteiger partial charge in [-0.2, -0.15) is 5.10 Å². The van der Waals surface area contributed by atoms with Gasteiger partial charge in [0.05, 0.1) is 11.7 Å². The first-order valence-corrected chi connectivity index (χ1v) is 7.06. The minimum atomic E-state index is -0.181. The highest BCUT2D eigenvalue weighted by Gasteiger charge is 2.16. The molecule has 102 valence electrons. The molecule has 0 bridgehead atoms. The van der Waals surface area contributed by atoms with Gasteiger partial charge in [0, 0.05) is 17.7 Å². The molecule has 1 aromatic carbocycles. The standard InChI is InChI=1S/C14H17BrFN3/c1-3-17-13(14-6-7-18-19(14)2)8-10-4-5-11(15)9-12(10)16/h4-7,9,13,17H,3,8H2,1-2H3. The van der Waals surface area contributed by atoms with Crippen molar-refractivity contribution in [3.63, 3.8) is 0 Å². The second-order valence-corrected chi connectivity index (χ2v) is 5.35. The summed E-state index contributed by atoms with van der Waals surface area (Å²) in [7, 11) is 1.90. The van der Waals surface area contributed by atoms with Crippen LogP contribution >= 0.6 is 15.9 Å². The number of hydrogen-bond donors (Lipinski definition) is 1. The van der Waals surface area contributed by atoms with E-state index in [0.29, 0.717) is 12.0 Å². The maximum atomic E-state index is 13.9. The molecular weight excluding hydrogens is 309 g/mol. The van der Waals surface area contributed by atoms with E-state index in [1.807, 2.05) is 36.9 Å². The Morgan fingerprint density at radius 2 is 2.21 bits per heavy atom. The van der Waals surface area contributed by atoms with Crippen molar-refractivity contribution in [1.29, 1.82) is 0 Å². The Morgan fingerprint density at radius 3 is 2.79 bits per heavy atom. The quantitative estimate of drug-likeness (QED) is 0.914. The van der Waals surface area contributed by atoms with Gasteiger partial charge in [0.1, 0.15) is 5.82 Å². The third-order valence-electron chi connectivity index (χ3n) is 3.11. The fourth-order valence-electron chi connectivity index (χ4n) is 2.16. The van der Waals surface area contributed by atoms with Gasteiger partial charge in [0.15, 0.2) is 0 Å². The minimum absolute atomic E-state index is 0.0631. The van der Waals surface area contributed by atoms with Crippen molar-refractivity contribution in [3.8, 4) is 0 Å². The highest BCUT2D eigenvalue weighted by atomic mass is 79.9. The molecule has 0 amide bonds. The van der Waals surface area contributed by atoms with Crippen molar-refractivity contribution in [2.75, 3.05) is 6.54 Å². The van der Waals surface area contributed by atoms with E-state index in [0.717, 1.165) is 16.7 Å². The summed E-state index contributed by atoms with van der Waals surface area (Å²) < 4.78 is 16.5. The molecule has 0 fully saturated rings. The van der Waals surface area contributed by atoms with Gasteiger partial charge in [0.25, 0.3) is 0 Å². The van der Waals surface area contributed by atoms with Crippen LogP contribution < -0.4 is 5.32 Å². The average Bonchev–Trinajstić information content (AvgIpc) is 2.78. The third-order valence-corrected chi connectivity index (χ3v) is 3.60. The number of halogens is 2. The highest BCUT2D eigenvalue weighted by molar-refractivity contribution is 9.10. The molecule has 2 aromatic rings. The zero-order valence-corrected chi connectivity index (χ0v) is 12.6. The lowest BCUT2D eigenvalue weighted by Gasteiger charge is -2.18. The van der Waals surface area contributed by atoms with Crippen molar-refractivity contribution in [3.05, 3.63) is 52.0 Å². The van der Waals surface area contributed by atoms with Crippen LogP contribution in [-0.4, -0.2) is 16.3 Å². The second kappa shape index (κ2) is 6.30. The van der Waals surface area contributed by atoms with E-state index < -0.39 is 0 Å². The summed E-state index contributed by atoms with van der Waals surface area (Å²) in [5.74, 6) is -0.181. The molecule has 5 heteroatoms. The van der Waals surface area contributed by atoms with Gasteiger partial charge >= 0.3 is 0 Å². The van der Waals surface area contributed by atoms with Gasteiger partial charge in [0.2, 0.25) is 0 Å². The van der Waals surface area contributed by atoms with Crippen LogP contribution in [0.3, 0.4) is 0 Å². The summed E-state index contributed by atoms with van der Waals surface area (Å²) in [5, 5.41) is 7.55. The van der Waals surface area contributed by atoms with Crippen LogP contribution in [0.2, 0.25) is 0 Å². The van der Waals surface area contributed by atoms with E-state index in [1.54, 1.807) is 6.20 Å². The molecule has 0 aliphatic carbocycles. The monoisotopic (exact) mass is 325 g/mol. The minimum Gasteiger partial charge on any atom is -0.309 e. The zero-order valence-electron chi connectivity index (χ0n) is 11.0. The second-order valence-electron chi connectivity index (χ2n) is 4.43. The van der Waals surface area contributed by atoms with E-state index >= 15 is 0 Å². The fraction of sp³-hybridized carbons (Fsp3) is 0.357. The van der Waals surface area contributed by atoms with Gasteiger partial charge in [-0.15, -0.1) is 0 Å². The summed E-state index contributed by atoms with van der Waals surface area (Å²) in [5.41, 5.74) is 1.76. The first-order chi connectivity index (χ1) is 9.11. The van der Waals surface area contributed by atoms with E-state index in [4.69, 9.17) is 0 Å². The van der Waals surface area contributed by atoms with E-state index in [9.17, 15) is 4.39 Å². The Hall–Kier alpha value is -1.20. The normalized spacial score (nSPS) is 12.6. The molecule has 0 aliphatic heterocycles. The van der Waals surface area contributed by atoms with Crippen molar-refractivity contribution in [2.45, 2.75) is 19.4 Å². The molecule has 1 heterocycles. The maximum absolute atomic E-state index is 13.9. The summed E-state index contributed by atoms with van der Waals surface area (Å²) in [6.07, 6.45) is 2.37. The molecule has 2 rings (SSSR count). The van der Waals surface area contributed by atoms with Crippen LogP contribution in [0.1, 0.15) is 24.2 Å². The van der Waals surface area contributed by atoms with Crippen molar-refractivity contribution in [1.82, 2.24) is 15.1 Å². The number of hydrogen-bond acceptors (Lipinski definition) is 2. The fourth-order valence-corrected chi connectivity index (χ4v) is 2.49. The first kappa shape index (κ1) is 14.2. The Labute approximate surface area is 121 Å². The van der Waals surface area contributed by atoms with E-state index in [-0.39, 0.29) is 11.9 Å². The van der Waals surface area contributed by atoms with Crippen molar-refractivity contribution >= 4 is 15.9 Å². The molecule has 3 nitrogen and oxygen atoms in total. The lowest BCUT2D eigenvalue weighted by atomic mass is 10.0. The topological polar surface area (TPSA) is 29.9 Å². The van der Waals surface area contributed by atoms with Crippen LogP contribution in [0.4, 0.5) is 4.39 Å². The van der Waals surface area contributed by atoms with Crippen LogP contribution in [0.5, 0.6) is 0 Å². The number of aromatic nitrogens is 2. The van der Waals surface area contributed by atoms with Gasteiger partial charge in [-0.1, -0.05) is 28.9 Å². The van der Waals surface area contributed by atoms with Crippen LogP contribution in [0.15, 0.2) is 34.9 Å². The molecule has 19 heavy (non-hydrogen) atoms. The number of benzene rings is 1. The Bertz CT molecular complexity index is 553. The molecule has 0 saturated heterocycles. The third kappa shape index (κ3) is 3.42. The van der Waals surface area contributed by atoms with Gasteiger partial charge in [-0.25, -0.2) is 4.39 Å². The molecule has 1 N–H and O–H groups in total. The molecule has 0 spiro atoms. The molecule has 0 aliphatic rings. The summed E-state index contributed by atoms with van der Waals surface area (Å²) in [6, 6.07) is 7.21. The SMILES string of the molecule is CCNC(Cc1ccc(Br)cc1F)c1ccnn1C. The lowest BCUT2D eigenvalue weighted by molar-refractivity contribution is 0.495. The van der Waals surface area contributed by atoms with Crippen molar-refractivity contribution in [2.24, 2.45) is 7.05 Å². The molecule has 0 saturated carbocycles. The highest BCUT2D eigenvalue weighted by Crippen LogP contribution is 2.22. The van der Waals surface area contributed by atoms with Gasteiger partial charge in [-0.05, 0) is 36.7 Å². The zero-order chi connectivity index (χ0) is 13.8.